The van der Waals surface area contributed by atoms with E-state index in [0.717, 1.165) is 29.8 Å². The van der Waals surface area contributed by atoms with Crippen LogP contribution in [0.15, 0.2) is 36.5 Å². The van der Waals surface area contributed by atoms with Gasteiger partial charge in [0.1, 0.15) is 17.9 Å². The Labute approximate surface area is 107 Å². The fourth-order valence-corrected chi connectivity index (χ4v) is 2.45. The van der Waals surface area contributed by atoms with Crippen molar-refractivity contribution in [1.29, 1.82) is 0 Å². The van der Waals surface area contributed by atoms with Gasteiger partial charge in [-0.2, -0.15) is 0 Å². The SMILES string of the molecule is c1cnc2c(OCC3CCCCN3)cccc2c1. The fraction of sp³-hybridized carbons (Fsp3) is 0.400. The highest BCUT2D eigenvalue weighted by molar-refractivity contribution is 5.84. The van der Waals surface area contributed by atoms with Gasteiger partial charge in [-0.1, -0.05) is 24.6 Å². The second-order valence-electron chi connectivity index (χ2n) is 4.79. The Morgan fingerprint density at radius 2 is 2.17 bits per heavy atom. The van der Waals surface area contributed by atoms with Crippen molar-refractivity contribution in [2.24, 2.45) is 0 Å². The highest BCUT2D eigenvalue weighted by atomic mass is 16.5. The molecule has 1 aromatic carbocycles. The smallest absolute Gasteiger partial charge is 0.145 e. The van der Waals surface area contributed by atoms with E-state index in [1.165, 1.54) is 19.3 Å². The minimum Gasteiger partial charge on any atom is -0.490 e. The average Bonchev–Trinajstić information content (AvgIpc) is 2.46. The van der Waals surface area contributed by atoms with E-state index >= 15 is 0 Å². The summed E-state index contributed by atoms with van der Waals surface area (Å²) in [4.78, 5) is 4.40. The van der Waals surface area contributed by atoms with Gasteiger partial charge in [0.05, 0.1) is 0 Å². The summed E-state index contributed by atoms with van der Waals surface area (Å²) < 4.78 is 5.93. The zero-order chi connectivity index (χ0) is 12.2. The van der Waals surface area contributed by atoms with Crippen LogP contribution in [-0.4, -0.2) is 24.2 Å². The molecule has 3 nitrogen and oxygen atoms in total. The van der Waals surface area contributed by atoms with Crippen molar-refractivity contribution in [2.45, 2.75) is 25.3 Å². The van der Waals surface area contributed by atoms with Gasteiger partial charge in [0.2, 0.25) is 0 Å². The molecule has 1 N–H and O–H groups in total. The Morgan fingerprint density at radius 3 is 3.06 bits per heavy atom. The summed E-state index contributed by atoms with van der Waals surface area (Å²) in [5.41, 5.74) is 0.954. The zero-order valence-electron chi connectivity index (χ0n) is 10.4. The third-order valence-corrected chi connectivity index (χ3v) is 3.45. The van der Waals surface area contributed by atoms with Crippen LogP contribution in [0.5, 0.6) is 5.75 Å². The van der Waals surface area contributed by atoms with Crippen molar-refractivity contribution in [3.05, 3.63) is 36.5 Å². The molecule has 1 aliphatic rings. The number of hydrogen-bond donors (Lipinski definition) is 1. The highest BCUT2D eigenvalue weighted by Crippen LogP contribution is 2.23. The van der Waals surface area contributed by atoms with E-state index in [2.05, 4.69) is 22.4 Å². The molecule has 1 aromatic heterocycles. The lowest BCUT2D eigenvalue weighted by Crippen LogP contribution is -2.38. The average molecular weight is 242 g/mol. The first-order chi connectivity index (χ1) is 8.93. The van der Waals surface area contributed by atoms with Crippen molar-refractivity contribution < 1.29 is 4.74 Å². The molecule has 1 aliphatic heterocycles. The molecule has 0 aliphatic carbocycles. The van der Waals surface area contributed by atoms with E-state index in [-0.39, 0.29) is 0 Å². The molecule has 2 heterocycles. The van der Waals surface area contributed by atoms with Crippen LogP contribution in [0.4, 0.5) is 0 Å². The van der Waals surface area contributed by atoms with Gasteiger partial charge in [0.25, 0.3) is 0 Å². The molecule has 3 heteroatoms. The number of para-hydroxylation sites is 1. The first kappa shape index (κ1) is 11.5. The number of nitrogens with one attached hydrogen (secondary N) is 1. The van der Waals surface area contributed by atoms with Crippen LogP contribution in [0.1, 0.15) is 19.3 Å². The molecule has 2 aromatic rings. The molecule has 0 radical (unpaired) electrons. The first-order valence-corrected chi connectivity index (χ1v) is 6.63. The van der Waals surface area contributed by atoms with Crippen molar-refractivity contribution in [3.8, 4) is 5.75 Å². The molecule has 0 saturated carbocycles. The lowest BCUT2D eigenvalue weighted by atomic mass is 10.1. The van der Waals surface area contributed by atoms with E-state index in [4.69, 9.17) is 4.74 Å². The van der Waals surface area contributed by atoms with E-state index in [9.17, 15) is 0 Å². The number of rotatable bonds is 3. The second-order valence-corrected chi connectivity index (χ2v) is 4.79. The molecule has 0 bridgehead atoms. The molecular weight excluding hydrogens is 224 g/mol. The Bertz CT molecular complexity index is 515. The maximum Gasteiger partial charge on any atom is 0.145 e. The molecule has 3 rings (SSSR count). The maximum atomic E-state index is 5.93. The zero-order valence-corrected chi connectivity index (χ0v) is 10.4. The van der Waals surface area contributed by atoms with Crippen LogP contribution in [0.3, 0.4) is 0 Å². The quantitative estimate of drug-likeness (QED) is 0.898. The highest BCUT2D eigenvalue weighted by Gasteiger charge is 2.13. The minimum atomic E-state index is 0.484. The predicted molar refractivity (Wildman–Crippen MR) is 72.9 cm³/mol. The number of piperidine rings is 1. The number of pyridine rings is 1. The van der Waals surface area contributed by atoms with Crippen molar-refractivity contribution in [2.75, 3.05) is 13.2 Å². The third-order valence-electron chi connectivity index (χ3n) is 3.45. The summed E-state index contributed by atoms with van der Waals surface area (Å²) in [7, 11) is 0. The normalized spacial score (nSPS) is 19.9. The van der Waals surface area contributed by atoms with Crippen molar-refractivity contribution in [3.63, 3.8) is 0 Å². The number of fused-ring (bicyclic) bond motifs is 1. The van der Waals surface area contributed by atoms with Crippen molar-refractivity contribution in [1.82, 2.24) is 10.3 Å². The Kier molecular flexibility index (Phi) is 3.42. The van der Waals surface area contributed by atoms with Crippen LogP contribution in [-0.2, 0) is 0 Å². The molecule has 0 spiro atoms. The Balaban J connectivity index is 1.74. The topological polar surface area (TPSA) is 34.1 Å². The number of aromatic nitrogens is 1. The van der Waals surface area contributed by atoms with Gasteiger partial charge < -0.3 is 10.1 Å². The van der Waals surface area contributed by atoms with E-state index in [0.29, 0.717) is 6.04 Å². The molecule has 1 fully saturated rings. The molecule has 1 saturated heterocycles. The van der Waals surface area contributed by atoms with Crippen molar-refractivity contribution >= 4 is 10.9 Å². The van der Waals surface area contributed by atoms with Crippen LogP contribution in [0, 0.1) is 0 Å². The van der Waals surface area contributed by atoms with Gasteiger partial charge in [-0.25, -0.2) is 0 Å². The fourth-order valence-electron chi connectivity index (χ4n) is 2.45. The Hall–Kier alpha value is -1.61. The molecule has 18 heavy (non-hydrogen) atoms. The van der Waals surface area contributed by atoms with Crippen LogP contribution < -0.4 is 10.1 Å². The van der Waals surface area contributed by atoms with Gasteiger partial charge >= 0.3 is 0 Å². The van der Waals surface area contributed by atoms with Gasteiger partial charge in [-0.05, 0) is 31.5 Å². The lowest BCUT2D eigenvalue weighted by molar-refractivity contribution is 0.241. The molecule has 1 atom stereocenters. The van der Waals surface area contributed by atoms with Crippen LogP contribution in [0.25, 0.3) is 10.9 Å². The summed E-state index contributed by atoms with van der Waals surface area (Å²) in [6.45, 7) is 1.84. The van der Waals surface area contributed by atoms with Gasteiger partial charge in [-0.3, -0.25) is 4.98 Å². The number of hydrogen-bond acceptors (Lipinski definition) is 3. The van der Waals surface area contributed by atoms with E-state index in [1.807, 2.05) is 24.4 Å². The Morgan fingerprint density at radius 1 is 1.22 bits per heavy atom. The van der Waals surface area contributed by atoms with E-state index in [1.54, 1.807) is 0 Å². The number of benzene rings is 1. The minimum absolute atomic E-state index is 0.484. The van der Waals surface area contributed by atoms with Crippen LogP contribution in [0.2, 0.25) is 0 Å². The number of ether oxygens (including phenoxy) is 1. The molecule has 0 amide bonds. The summed E-state index contributed by atoms with van der Waals surface area (Å²) in [5, 5.41) is 4.62. The van der Waals surface area contributed by atoms with E-state index < -0.39 is 0 Å². The summed E-state index contributed by atoms with van der Waals surface area (Å²) in [5.74, 6) is 0.889. The first-order valence-electron chi connectivity index (χ1n) is 6.63. The summed E-state index contributed by atoms with van der Waals surface area (Å²) in [6, 6.07) is 10.6. The van der Waals surface area contributed by atoms with Gasteiger partial charge in [-0.15, -0.1) is 0 Å². The predicted octanol–water partition coefficient (Wildman–Crippen LogP) is 2.76. The standard InChI is InChI=1S/C15H18N2O/c1-2-9-16-13(7-1)11-18-14-8-3-5-12-6-4-10-17-15(12)14/h3-6,8,10,13,16H,1-2,7,9,11H2. The second kappa shape index (κ2) is 5.36. The van der Waals surface area contributed by atoms with Crippen LogP contribution >= 0.6 is 0 Å². The largest absolute Gasteiger partial charge is 0.490 e. The molecule has 94 valence electrons. The number of nitrogens with zero attached hydrogens (tertiary/aromatic N) is 1. The van der Waals surface area contributed by atoms with Gasteiger partial charge in [0.15, 0.2) is 0 Å². The monoisotopic (exact) mass is 242 g/mol. The molecular formula is C15H18N2O. The molecule has 1 unspecified atom stereocenters. The van der Waals surface area contributed by atoms with Gasteiger partial charge in [0, 0.05) is 17.6 Å². The third kappa shape index (κ3) is 2.46. The lowest BCUT2D eigenvalue weighted by Gasteiger charge is -2.23. The maximum absolute atomic E-state index is 5.93. The summed E-state index contributed by atoms with van der Waals surface area (Å²) in [6.07, 6.45) is 5.60. The summed E-state index contributed by atoms with van der Waals surface area (Å²) >= 11 is 0.